The Bertz CT molecular complexity index is 886. The minimum absolute atomic E-state index is 0.0979. The summed E-state index contributed by atoms with van der Waals surface area (Å²) in [6.07, 6.45) is -4.56. The molecule has 0 saturated carbocycles. The minimum Gasteiger partial charge on any atom is -0.451 e. The normalized spacial score (nSPS) is 11.7. The second kappa shape index (κ2) is 5.62. The number of hydrogen-bond donors (Lipinski definition) is 1. The summed E-state index contributed by atoms with van der Waals surface area (Å²) < 4.78 is 44.1. The highest BCUT2D eigenvalue weighted by Gasteiger charge is 2.33. The van der Waals surface area contributed by atoms with Crippen molar-refractivity contribution in [1.82, 2.24) is 0 Å². The molecule has 0 bridgehead atoms. The van der Waals surface area contributed by atoms with E-state index in [1.165, 1.54) is 24.3 Å². The molecular weight excluding hydrogens is 331 g/mol. The second-order valence-electron chi connectivity index (χ2n) is 4.79. The molecule has 0 spiro atoms. The summed E-state index contributed by atoms with van der Waals surface area (Å²) in [5.41, 5.74) is -0.834. The zero-order chi connectivity index (χ0) is 16.6. The van der Waals surface area contributed by atoms with Gasteiger partial charge in [0.05, 0.1) is 11.3 Å². The van der Waals surface area contributed by atoms with Gasteiger partial charge in [0, 0.05) is 10.4 Å². The highest BCUT2D eigenvalue weighted by atomic mass is 35.5. The fourth-order valence-corrected chi connectivity index (χ4v) is 2.33. The fourth-order valence-electron chi connectivity index (χ4n) is 2.15. The standard InChI is InChI=1S/C16H9ClF3NO2/c17-10-5-6-13-9(7-10)8-14(23-13)15(22)21-12-4-2-1-3-11(12)16(18,19)20/h1-8H,(H,21,22). The first-order chi connectivity index (χ1) is 10.8. The summed E-state index contributed by atoms with van der Waals surface area (Å²) in [5.74, 6) is -0.867. The number of carbonyl (C=O) groups excluding carboxylic acids is 1. The van der Waals surface area contributed by atoms with Crippen molar-refractivity contribution < 1.29 is 22.4 Å². The first-order valence-corrected chi connectivity index (χ1v) is 6.89. The van der Waals surface area contributed by atoms with Gasteiger partial charge in [0.2, 0.25) is 0 Å². The van der Waals surface area contributed by atoms with Gasteiger partial charge in [-0.05, 0) is 36.4 Å². The number of halogens is 4. The molecule has 0 saturated heterocycles. The summed E-state index contributed by atoms with van der Waals surface area (Å²) >= 11 is 5.84. The molecule has 1 heterocycles. The van der Waals surface area contributed by atoms with Gasteiger partial charge in [-0.1, -0.05) is 23.7 Å². The molecule has 0 radical (unpaired) electrons. The molecule has 2 aromatic carbocycles. The number of fused-ring (bicyclic) bond motifs is 1. The van der Waals surface area contributed by atoms with E-state index in [1.54, 1.807) is 18.2 Å². The lowest BCUT2D eigenvalue weighted by atomic mass is 10.1. The summed E-state index contributed by atoms with van der Waals surface area (Å²) in [4.78, 5) is 12.1. The SMILES string of the molecule is O=C(Nc1ccccc1C(F)(F)F)c1cc2cc(Cl)ccc2o1. The quantitative estimate of drug-likeness (QED) is 0.683. The van der Waals surface area contributed by atoms with E-state index >= 15 is 0 Å². The van der Waals surface area contributed by atoms with Gasteiger partial charge in [-0.25, -0.2) is 0 Å². The summed E-state index contributed by atoms with van der Waals surface area (Å²) in [7, 11) is 0. The van der Waals surface area contributed by atoms with Crippen LogP contribution in [0.1, 0.15) is 16.1 Å². The van der Waals surface area contributed by atoms with Crippen molar-refractivity contribution in [2.24, 2.45) is 0 Å². The van der Waals surface area contributed by atoms with Gasteiger partial charge in [-0.2, -0.15) is 13.2 Å². The number of benzene rings is 2. The van der Waals surface area contributed by atoms with E-state index in [2.05, 4.69) is 5.32 Å². The molecule has 3 nitrogen and oxygen atoms in total. The molecule has 1 N–H and O–H groups in total. The Hall–Kier alpha value is -2.47. The molecule has 1 amide bonds. The van der Waals surface area contributed by atoms with Gasteiger partial charge in [-0.15, -0.1) is 0 Å². The summed E-state index contributed by atoms with van der Waals surface area (Å²) in [6, 6.07) is 10.9. The minimum atomic E-state index is -4.56. The van der Waals surface area contributed by atoms with E-state index in [1.807, 2.05) is 0 Å². The Balaban J connectivity index is 1.92. The molecule has 0 aliphatic carbocycles. The first-order valence-electron chi connectivity index (χ1n) is 6.51. The van der Waals surface area contributed by atoms with E-state index < -0.39 is 17.6 Å². The number of alkyl halides is 3. The maximum atomic E-state index is 12.9. The van der Waals surface area contributed by atoms with E-state index in [0.717, 1.165) is 6.07 Å². The van der Waals surface area contributed by atoms with Crippen LogP contribution in [0.5, 0.6) is 0 Å². The zero-order valence-electron chi connectivity index (χ0n) is 11.4. The van der Waals surface area contributed by atoms with Crippen LogP contribution in [0.15, 0.2) is 52.9 Å². The Labute approximate surface area is 133 Å². The molecular formula is C16H9ClF3NO2. The van der Waals surface area contributed by atoms with Crippen LogP contribution < -0.4 is 5.32 Å². The lowest BCUT2D eigenvalue weighted by molar-refractivity contribution is -0.136. The monoisotopic (exact) mass is 339 g/mol. The Morgan fingerprint density at radius 2 is 1.83 bits per heavy atom. The van der Waals surface area contributed by atoms with Crippen molar-refractivity contribution in [3.05, 3.63) is 64.9 Å². The van der Waals surface area contributed by atoms with Crippen LogP contribution in [-0.2, 0) is 6.18 Å². The molecule has 23 heavy (non-hydrogen) atoms. The number of furan rings is 1. The number of rotatable bonds is 2. The number of nitrogens with one attached hydrogen (secondary N) is 1. The third kappa shape index (κ3) is 3.17. The van der Waals surface area contributed by atoms with E-state index in [4.69, 9.17) is 16.0 Å². The number of para-hydroxylation sites is 1. The maximum absolute atomic E-state index is 12.9. The summed E-state index contributed by atoms with van der Waals surface area (Å²) in [5, 5.41) is 3.28. The third-order valence-corrected chi connectivity index (χ3v) is 3.42. The average molecular weight is 340 g/mol. The maximum Gasteiger partial charge on any atom is 0.418 e. The van der Waals surface area contributed by atoms with Gasteiger partial charge in [0.25, 0.3) is 5.91 Å². The van der Waals surface area contributed by atoms with Gasteiger partial charge < -0.3 is 9.73 Å². The predicted octanol–water partition coefficient (Wildman–Crippen LogP) is 5.36. The van der Waals surface area contributed by atoms with Crippen molar-refractivity contribution in [3.63, 3.8) is 0 Å². The summed E-state index contributed by atoms with van der Waals surface area (Å²) in [6.45, 7) is 0. The van der Waals surface area contributed by atoms with Crippen LogP contribution in [0.25, 0.3) is 11.0 Å². The molecule has 0 atom stereocenters. The van der Waals surface area contributed by atoms with Gasteiger partial charge in [-0.3, -0.25) is 4.79 Å². The largest absolute Gasteiger partial charge is 0.451 e. The van der Waals surface area contributed by atoms with Crippen LogP contribution in [-0.4, -0.2) is 5.91 Å². The molecule has 3 aromatic rings. The molecule has 0 aliphatic rings. The smallest absolute Gasteiger partial charge is 0.418 e. The van der Waals surface area contributed by atoms with E-state index in [9.17, 15) is 18.0 Å². The zero-order valence-corrected chi connectivity index (χ0v) is 12.2. The molecule has 1 aromatic heterocycles. The fraction of sp³-hybridized carbons (Fsp3) is 0.0625. The number of hydrogen-bond acceptors (Lipinski definition) is 2. The molecule has 0 aliphatic heterocycles. The predicted molar refractivity (Wildman–Crippen MR) is 80.6 cm³/mol. The number of carbonyl (C=O) groups is 1. The van der Waals surface area contributed by atoms with Gasteiger partial charge in [0.1, 0.15) is 5.58 Å². The van der Waals surface area contributed by atoms with Crippen molar-refractivity contribution in [3.8, 4) is 0 Å². The van der Waals surface area contributed by atoms with Gasteiger partial charge in [0.15, 0.2) is 5.76 Å². The van der Waals surface area contributed by atoms with Crippen molar-refractivity contribution in [2.75, 3.05) is 5.32 Å². The number of anilines is 1. The van der Waals surface area contributed by atoms with E-state index in [-0.39, 0.29) is 11.4 Å². The Kier molecular flexibility index (Phi) is 3.77. The van der Waals surface area contributed by atoms with Crippen LogP contribution in [0, 0.1) is 0 Å². The van der Waals surface area contributed by atoms with Crippen molar-refractivity contribution in [2.45, 2.75) is 6.18 Å². The van der Waals surface area contributed by atoms with Crippen molar-refractivity contribution >= 4 is 34.2 Å². The number of amides is 1. The Morgan fingerprint density at radius 3 is 2.57 bits per heavy atom. The first kappa shape index (κ1) is 15.4. The molecule has 3 rings (SSSR count). The molecule has 0 fully saturated rings. The Morgan fingerprint density at radius 1 is 1.09 bits per heavy atom. The molecule has 7 heteroatoms. The van der Waals surface area contributed by atoms with Gasteiger partial charge >= 0.3 is 6.18 Å². The lowest BCUT2D eigenvalue weighted by Crippen LogP contribution is -2.16. The van der Waals surface area contributed by atoms with Crippen LogP contribution in [0.4, 0.5) is 18.9 Å². The second-order valence-corrected chi connectivity index (χ2v) is 5.23. The lowest BCUT2D eigenvalue weighted by Gasteiger charge is -2.12. The highest BCUT2D eigenvalue weighted by molar-refractivity contribution is 6.31. The topological polar surface area (TPSA) is 42.2 Å². The van der Waals surface area contributed by atoms with Crippen LogP contribution in [0.2, 0.25) is 5.02 Å². The van der Waals surface area contributed by atoms with Crippen LogP contribution in [0.3, 0.4) is 0 Å². The molecule has 0 unspecified atom stereocenters. The third-order valence-electron chi connectivity index (χ3n) is 3.18. The van der Waals surface area contributed by atoms with Crippen molar-refractivity contribution in [1.29, 1.82) is 0 Å². The molecule has 118 valence electrons. The van der Waals surface area contributed by atoms with Crippen LogP contribution >= 0.6 is 11.6 Å². The van der Waals surface area contributed by atoms with E-state index in [0.29, 0.717) is 16.0 Å². The average Bonchev–Trinajstić information content (AvgIpc) is 2.89. The highest BCUT2D eigenvalue weighted by Crippen LogP contribution is 2.35.